The van der Waals surface area contributed by atoms with Crippen LogP contribution in [0.15, 0.2) is 35.3 Å². The van der Waals surface area contributed by atoms with E-state index in [0.717, 1.165) is 42.9 Å². The Bertz CT molecular complexity index is 2020. The largest absolute Gasteiger partial charge is 0.495 e. The maximum atomic E-state index is 14.2. The van der Waals surface area contributed by atoms with Crippen molar-refractivity contribution in [1.29, 1.82) is 0 Å². The summed E-state index contributed by atoms with van der Waals surface area (Å²) in [6.07, 6.45) is 10.1. The molecule has 0 radical (unpaired) electrons. The van der Waals surface area contributed by atoms with Crippen LogP contribution in [0.4, 0.5) is 4.79 Å². The Balaban J connectivity index is 1.13. The number of thioether (sulfide) groups is 1. The maximum Gasteiger partial charge on any atom is 0.317 e. The molecule has 0 bridgehead atoms. The van der Waals surface area contributed by atoms with Crippen LogP contribution in [0.5, 0.6) is 11.5 Å². The van der Waals surface area contributed by atoms with E-state index in [-0.39, 0.29) is 25.5 Å². The molecular weight excluding hydrogens is 764 g/mol. The third-order valence-electron chi connectivity index (χ3n) is 11.6. The minimum absolute atomic E-state index is 0.000879. The molecule has 3 fully saturated rings. The number of amides is 4. The highest BCUT2D eigenvalue weighted by Crippen LogP contribution is 2.53. The van der Waals surface area contributed by atoms with E-state index in [9.17, 15) is 22.8 Å². The molecule has 2 aromatic rings. The van der Waals surface area contributed by atoms with Crippen molar-refractivity contribution in [3.63, 3.8) is 0 Å². The van der Waals surface area contributed by atoms with Crippen LogP contribution in [0.2, 0.25) is 5.02 Å². The Hall–Kier alpha value is -3.56. The van der Waals surface area contributed by atoms with Crippen LogP contribution >= 0.6 is 23.4 Å². The first-order valence-corrected chi connectivity index (χ1v) is 22.2. The molecule has 16 heteroatoms. The van der Waals surface area contributed by atoms with Gasteiger partial charge in [0.2, 0.25) is 15.9 Å². The van der Waals surface area contributed by atoms with Gasteiger partial charge in [0.15, 0.2) is 0 Å². The van der Waals surface area contributed by atoms with Gasteiger partial charge in [0.05, 0.1) is 35.7 Å². The molecule has 4 amide bonds. The van der Waals surface area contributed by atoms with Gasteiger partial charge in [0.1, 0.15) is 33.1 Å². The minimum atomic E-state index is -3.96. The molecule has 1 aromatic carbocycles. The number of nitrogens with one attached hydrogen (secondary N) is 3. The Morgan fingerprint density at radius 3 is 2.65 bits per heavy atom. The van der Waals surface area contributed by atoms with Crippen LogP contribution in [-0.2, 0) is 19.6 Å². The SMILES string of the molecule is COc1ccc2c(OCC[C@@H]3NC(=O)N(C)CCCC/C=C\[C@@H]4C[C@@]4(C(=O)NS(=O)(=O)C4(CC5CC5)CC4)NC3=O)cc(C3=NC(C(C)C)CS3)nc2c1Cl. The molecule has 0 saturated heterocycles. The molecule has 5 aliphatic rings. The number of carbonyl (C=O) groups is 3. The summed E-state index contributed by atoms with van der Waals surface area (Å²) in [5, 5.41) is 7.49. The number of pyridine rings is 1. The first-order chi connectivity index (χ1) is 26.3. The van der Waals surface area contributed by atoms with Crippen molar-refractivity contribution in [2.75, 3.05) is 33.1 Å². The van der Waals surface area contributed by atoms with Gasteiger partial charge in [-0.25, -0.2) is 18.2 Å². The predicted molar refractivity (Wildman–Crippen MR) is 214 cm³/mol. The summed E-state index contributed by atoms with van der Waals surface area (Å²) in [6, 6.07) is 3.97. The Kier molecular flexibility index (Phi) is 11.4. The summed E-state index contributed by atoms with van der Waals surface area (Å²) < 4.78 is 40.5. The van der Waals surface area contributed by atoms with E-state index < -0.39 is 50.1 Å². The van der Waals surface area contributed by atoms with Crippen molar-refractivity contribution in [1.82, 2.24) is 25.2 Å². The van der Waals surface area contributed by atoms with Gasteiger partial charge in [-0.1, -0.05) is 50.4 Å². The minimum Gasteiger partial charge on any atom is -0.495 e. The Labute approximate surface area is 332 Å². The molecule has 2 aliphatic heterocycles. The number of hydrogen-bond acceptors (Lipinski definition) is 10. The van der Waals surface area contributed by atoms with Crippen LogP contribution < -0.4 is 24.8 Å². The number of aromatic nitrogens is 1. The van der Waals surface area contributed by atoms with Crippen LogP contribution in [0, 0.1) is 17.8 Å². The fourth-order valence-electron chi connectivity index (χ4n) is 7.43. The van der Waals surface area contributed by atoms with Gasteiger partial charge in [-0.15, -0.1) is 11.8 Å². The summed E-state index contributed by atoms with van der Waals surface area (Å²) in [7, 11) is -0.757. The molecule has 3 aliphatic carbocycles. The molecule has 3 N–H and O–H groups in total. The van der Waals surface area contributed by atoms with E-state index in [1.165, 1.54) is 12.0 Å². The van der Waals surface area contributed by atoms with E-state index in [4.69, 9.17) is 31.1 Å². The van der Waals surface area contributed by atoms with Gasteiger partial charge in [0, 0.05) is 43.1 Å². The number of fused-ring (bicyclic) bond motifs is 2. The summed E-state index contributed by atoms with van der Waals surface area (Å²) >= 11 is 8.39. The molecule has 3 saturated carbocycles. The molecule has 298 valence electrons. The highest BCUT2D eigenvalue weighted by atomic mass is 35.5. The normalized spacial score (nSPS) is 27.3. The standard InChI is InChI=1S/C39H51ClN6O7S2/c1-23(2)29-22-54-35(42-29)28-19-31(26-12-13-30(52-4)32(40)33(26)41-28)53-18-14-27-34(47)44-39(21-25(39)9-7-5-6-8-17-46(3)37(49)43-27)36(48)45-55(50,51)38(15-16-38)20-24-10-11-24/h7,9,12-13,19,23-25,27,29H,5-6,8,10-11,14-18,20-22H2,1-4H3,(H,43,49)(H,44,47)(H,45,48)/b9-7-/t25-,27+,29?,39-/m1/s1. The number of allylic oxidation sites excluding steroid dienone is 1. The number of halogens is 1. The number of urea groups is 1. The molecule has 0 spiro atoms. The number of methoxy groups -OCH3 is 1. The summed E-state index contributed by atoms with van der Waals surface area (Å²) in [5.41, 5.74) is -0.371. The van der Waals surface area contributed by atoms with Crippen LogP contribution in [0.25, 0.3) is 10.9 Å². The zero-order valence-electron chi connectivity index (χ0n) is 31.9. The van der Waals surface area contributed by atoms with Crippen LogP contribution in [0.1, 0.15) is 83.7 Å². The van der Waals surface area contributed by atoms with Gasteiger partial charge < -0.3 is 25.0 Å². The number of aliphatic imine (C=N–C) groups is 1. The highest BCUT2D eigenvalue weighted by Gasteiger charge is 2.63. The number of benzene rings is 1. The lowest BCUT2D eigenvalue weighted by molar-refractivity contribution is -0.130. The molecule has 3 heterocycles. The van der Waals surface area contributed by atoms with Crippen molar-refractivity contribution < 1.29 is 32.3 Å². The van der Waals surface area contributed by atoms with Gasteiger partial charge >= 0.3 is 6.03 Å². The molecular formula is C39H51ClN6O7S2. The van der Waals surface area contributed by atoms with Gasteiger partial charge in [-0.3, -0.25) is 19.3 Å². The summed E-state index contributed by atoms with van der Waals surface area (Å²) in [6.45, 7) is 4.76. The monoisotopic (exact) mass is 814 g/mol. The highest BCUT2D eigenvalue weighted by molar-refractivity contribution is 8.14. The average Bonchev–Trinajstić information content (AvgIpc) is 4.11. The number of nitrogens with zero attached hydrogens (tertiary/aromatic N) is 3. The van der Waals surface area contributed by atoms with E-state index in [1.807, 2.05) is 24.3 Å². The van der Waals surface area contributed by atoms with Crippen molar-refractivity contribution in [3.05, 3.63) is 41.1 Å². The van der Waals surface area contributed by atoms with Crippen molar-refractivity contribution in [3.8, 4) is 11.5 Å². The second-order valence-corrected chi connectivity index (χ2v) is 19.5. The fourth-order valence-corrected chi connectivity index (χ4v) is 10.7. The molecule has 13 nitrogen and oxygen atoms in total. The van der Waals surface area contributed by atoms with Crippen molar-refractivity contribution in [2.24, 2.45) is 22.7 Å². The number of carbonyl (C=O) groups excluding carboxylic acids is 3. The van der Waals surface area contributed by atoms with E-state index >= 15 is 0 Å². The molecule has 55 heavy (non-hydrogen) atoms. The molecule has 7 rings (SSSR count). The first-order valence-electron chi connectivity index (χ1n) is 19.3. The number of sulfonamides is 1. The van der Waals surface area contributed by atoms with E-state index in [0.29, 0.717) is 70.8 Å². The predicted octanol–water partition coefficient (Wildman–Crippen LogP) is 5.59. The summed E-state index contributed by atoms with van der Waals surface area (Å²) in [5.74, 6) is 0.785. The lowest BCUT2D eigenvalue weighted by Gasteiger charge is -2.27. The van der Waals surface area contributed by atoms with Crippen LogP contribution in [-0.4, -0.2) is 96.6 Å². The second-order valence-electron chi connectivity index (χ2n) is 16.1. The van der Waals surface area contributed by atoms with Crippen molar-refractivity contribution >= 4 is 67.2 Å². The molecule has 1 unspecified atom stereocenters. The Morgan fingerprint density at radius 2 is 1.96 bits per heavy atom. The topological polar surface area (TPSA) is 168 Å². The van der Waals surface area contributed by atoms with E-state index in [2.05, 4.69) is 29.2 Å². The quantitative estimate of drug-likeness (QED) is 0.232. The lowest BCUT2D eigenvalue weighted by atomic mass is 10.1. The maximum absolute atomic E-state index is 14.2. The lowest BCUT2D eigenvalue weighted by Crippen LogP contribution is -2.58. The zero-order chi connectivity index (χ0) is 39.1. The zero-order valence-corrected chi connectivity index (χ0v) is 34.2. The van der Waals surface area contributed by atoms with Gasteiger partial charge in [0.25, 0.3) is 5.91 Å². The number of ether oxygens (including phenoxy) is 2. The third-order valence-corrected chi connectivity index (χ3v) is 15.2. The van der Waals surface area contributed by atoms with Crippen LogP contribution in [0.3, 0.4) is 0 Å². The first kappa shape index (κ1) is 39.7. The second kappa shape index (κ2) is 15.8. The number of rotatable bonds is 12. The van der Waals surface area contributed by atoms with Gasteiger partial charge in [-0.2, -0.15) is 0 Å². The molecule has 1 aromatic heterocycles. The Morgan fingerprint density at radius 1 is 1.18 bits per heavy atom. The number of hydrogen-bond donors (Lipinski definition) is 3. The fraction of sp³-hybridized carbons (Fsp3) is 0.615. The summed E-state index contributed by atoms with van der Waals surface area (Å²) in [4.78, 5) is 52.8. The smallest absolute Gasteiger partial charge is 0.317 e. The average molecular weight is 815 g/mol. The van der Waals surface area contributed by atoms with Crippen molar-refractivity contribution in [2.45, 2.75) is 100 Å². The van der Waals surface area contributed by atoms with E-state index in [1.54, 1.807) is 24.9 Å². The third kappa shape index (κ3) is 8.44. The van der Waals surface area contributed by atoms with Gasteiger partial charge in [-0.05, 0) is 68.9 Å². The molecule has 4 atom stereocenters.